The fraction of sp³-hybridized carbons (Fsp3) is 0.200. The van der Waals surface area contributed by atoms with Crippen molar-refractivity contribution in [3.8, 4) is 0 Å². The molecule has 0 unspecified atom stereocenters. The average molecular weight is 354 g/mol. The summed E-state index contributed by atoms with van der Waals surface area (Å²) in [6.07, 6.45) is 2.98. The van der Waals surface area contributed by atoms with Crippen molar-refractivity contribution < 1.29 is 8.78 Å². The molecule has 2 N–H and O–H groups in total. The number of aromatic nitrogens is 2. The van der Waals surface area contributed by atoms with Gasteiger partial charge in [-0.25, -0.2) is 13.8 Å². The first-order valence-electron chi connectivity index (χ1n) is 8.49. The van der Waals surface area contributed by atoms with E-state index < -0.39 is 0 Å². The zero-order chi connectivity index (χ0) is 18.2. The van der Waals surface area contributed by atoms with Gasteiger partial charge in [-0.15, -0.1) is 0 Å². The van der Waals surface area contributed by atoms with Gasteiger partial charge in [-0.05, 0) is 48.2 Å². The van der Waals surface area contributed by atoms with Crippen LogP contribution in [0.2, 0.25) is 0 Å². The second-order valence-electron chi connectivity index (χ2n) is 5.84. The van der Waals surface area contributed by atoms with Gasteiger partial charge in [0.2, 0.25) is 5.95 Å². The number of nitrogens with one attached hydrogen (secondary N) is 2. The van der Waals surface area contributed by atoms with Crippen molar-refractivity contribution in [2.45, 2.75) is 12.8 Å². The Labute approximate surface area is 151 Å². The van der Waals surface area contributed by atoms with Crippen LogP contribution in [0.4, 0.5) is 20.5 Å². The lowest BCUT2D eigenvalue weighted by Gasteiger charge is -2.09. The van der Waals surface area contributed by atoms with Crippen molar-refractivity contribution in [1.29, 1.82) is 0 Å². The fourth-order valence-corrected chi connectivity index (χ4v) is 2.54. The van der Waals surface area contributed by atoms with Crippen molar-refractivity contribution in [1.82, 2.24) is 9.97 Å². The van der Waals surface area contributed by atoms with Crippen LogP contribution in [-0.4, -0.2) is 23.1 Å². The van der Waals surface area contributed by atoms with Crippen LogP contribution in [0.1, 0.15) is 11.1 Å². The lowest BCUT2D eigenvalue weighted by atomic mass is 10.1. The molecule has 3 rings (SSSR count). The Kier molecular flexibility index (Phi) is 6.09. The molecule has 0 bridgehead atoms. The maximum absolute atomic E-state index is 13.6. The van der Waals surface area contributed by atoms with Crippen LogP contribution in [0, 0.1) is 11.6 Å². The van der Waals surface area contributed by atoms with E-state index in [2.05, 4.69) is 20.6 Å². The molecule has 134 valence electrons. The third-order valence-electron chi connectivity index (χ3n) is 3.92. The summed E-state index contributed by atoms with van der Waals surface area (Å²) in [6, 6.07) is 15.0. The largest absolute Gasteiger partial charge is 0.370 e. The molecule has 0 saturated heterocycles. The molecule has 3 aromatic rings. The fourth-order valence-electron chi connectivity index (χ4n) is 2.54. The first kappa shape index (κ1) is 17.8. The highest BCUT2D eigenvalue weighted by molar-refractivity contribution is 5.39. The number of nitrogens with zero attached hydrogens (tertiary/aromatic N) is 2. The van der Waals surface area contributed by atoms with Gasteiger partial charge >= 0.3 is 0 Å². The van der Waals surface area contributed by atoms with Crippen molar-refractivity contribution in [3.05, 3.63) is 83.6 Å². The van der Waals surface area contributed by atoms with Gasteiger partial charge in [0.15, 0.2) is 0 Å². The Morgan fingerprint density at radius 1 is 0.808 bits per heavy atom. The Morgan fingerprint density at radius 2 is 1.58 bits per heavy atom. The van der Waals surface area contributed by atoms with Crippen LogP contribution in [0.5, 0.6) is 0 Å². The number of benzene rings is 2. The molecule has 0 spiro atoms. The van der Waals surface area contributed by atoms with E-state index in [-0.39, 0.29) is 11.6 Å². The first-order chi connectivity index (χ1) is 12.7. The number of anilines is 2. The molecule has 6 heteroatoms. The van der Waals surface area contributed by atoms with E-state index in [9.17, 15) is 8.78 Å². The lowest BCUT2D eigenvalue weighted by Crippen LogP contribution is -2.11. The minimum absolute atomic E-state index is 0.202. The standard InChI is InChI=1S/C20H20F2N4/c21-17-7-5-15(6-8-17)9-12-23-19-11-14-25-20(26-19)24-13-10-16-3-1-2-4-18(16)22/h1-8,11,14H,9-10,12-13H2,(H2,23,24,25,26). The smallest absolute Gasteiger partial charge is 0.224 e. The van der Waals surface area contributed by atoms with Crippen molar-refractivity contribution in [2.24, 2.45) is 0 Å². The SMILES string of the molecule is Fc1ccc(CCNc2ccnc(NCCc3ccccc3F)n2)cc1. The molecule has 2 aromatic carbocycles. The molecule has 0 atom stereocenters. The zero-order valence-electron chi connectivity index (χ0n) is 14.3. The van der Waals surface area contributed by atoms with Crippen molar-refractivity contribution in [3.63, 3.8) is 0 Å². The van der Waals surface area contributed by atoms with Crippen LogP contribution < -0.4 is 10.6 Å². The van der Waals surface area contributed by atoms with Crippen LogP contribution in [-0.2, 0) is 12.8 Å². The molecule has 4 nitrogen and oxygen atoms in total. The van der Waals surface area contributed by atoms with E-state index in [0.29, 0.717) is 36.8 Å². The highest BCUT2D eigenvalue weighted by Gasteiger charge is 2.02. The molecule has 26 heavy (non-hydrogen) atoms. The molecule has 1 aromatic heterocycles. The normalized spacial score (nSPS) is 10.5. The Bertz CT molecular complexity index is 837. The third-order valence-corrected chi connectivity index (χ3v) is 3.92. The molecule has 1 heterocycles. The maximum atomic E-state index is 13.6. The number of rotatable bonds is 8. The van der Waals surface area contributed by atoms with Crippen LogP contribution in [0.15, 0.2) is 60.8 Å². The summed E-state index contributed by atoms with van der Waals surface area (Å²) in [4.78, 5) is 8.56. The Hall–Kier alpha value is -3.02. The Balaban J connectivity index is 1.47. The van der Waals surface area contributed by atoms with Crippen LogP contribution in [0.3, 0.4) is 0 Å². The van der Waals surface area contributed by atoms with Gasteiger partial charge in [0.1, 0.15) is 17.5 Å². The van der Waals surface area contributed by atoms with E-state index in [1.165, 1.54) is 18.2 Å². The molecule has 0 aliphatic rings. The van der Waals surface area contributed by atoms with E-state index in [1.807, 2.05) is 6.07 Å². The van der Waals surface area contributed by atoms with Crippen molar-refractivity contribution in [2.75, 3.05) is 23.7 Å². The van der Waals surface area contributed by atoms with Crippen LogP contribution >= 0.6 is 0 Å². The van der Waals surface area contributed by atoms with E-state index >= 15 is 0 Å². The van der Waals surface area contributed by atoms with Crippen molar-refractivity contribution >= 4 is 11.8 Å². The second-order valence-corrected chi connectivity index (χ2v) is 5.84. The van der Waals surface area contributed by atoms with E-state index in [4.69, 9.17) is 0 Å². The molecule has 0 radical (unpaired) electrons. The summed E-state index contributed by atoms with van der Waals surface area (Å²) in [5.74, 6) is 0.763. The summed E-state index contributed by atoms with van der Waals surface area (Å²) in [5, 5.41) is 6.33. The predicted octanol–water partition coefficient (Wildman–Crippen LogP) is 4.06. The summed E-state index contributed by atoms with van der Waals surface area (Å²) in [5.41, 5.74) is 1.71. The van der Waals surface area contributed by atoms with Crippen LogP contribution in [0.25, 0.3) is 0 Å². The summed E-state index contributed by atoms with van der Waals surface area (Å²) < 4.78 is 26.5. The van der Waals surface area contributed by atoms with E-state index in [0.717, 1.165) is 12.0 Å². The molecule has 0 aliphatic heterocycles. The molecular formula is C20H20F2N4. The average Bonchev–Trinajstić information content (AvgIpc) is 2.65. The number of halogens is 2. The summed E-state index contributed by atoms with van der Waals surface area (Å²) in [6.45, 7) is 1.22. The number of hydrogen-bond acceptors (Lipinski definition) is 4. The van der Waals surface area contributed by atoms with Gasteiger partial charge < -0.3 is 10.6 Å². The van der Waals surface area contributed by atoms with Gasteiger partial charge in [0.05, 0.1) is 0 Å². The molecule has 0 aliphatic carbocycles. The molecule has 0 saturated carbocycles. The summed E-state index contributed by atoms with van der Waals surface area (Å²) >= 11 is 0. The minimum Gasteiger partial charge on any atom is -0.370 e. The van der Waals surface area contributed by atoms with Gasteiger partial charge in [0.25, 0.3) is 0 Å². The van der Waals surface area contributed by atoms with Gasteiger partial charge in [0, 0.05) is 19.3 Å². The molecule has 0 amide bonds. The van der Waals surface area contributed by atoms with Gasteiger partial charge in [-0.2, -0.15) is 4.98 Å². The topological polar surface area (TPSA) is 49.8 Å². The first-order valence-corrected chi connectivity index (χ1v) is 8.49. The molecular weight excluding hydrogens is 334 g/mol. The highest BCUT2D eigenvalue weighted by Crippen LogP contribution is 2.09. The number of hydrogen-bond donors (Lipinski definition) is 2. The van der Waals surface area contributed by atoms with Gasteiger partial charge in [-0.1, -0.05) is 30.3 Å². The summed E-state index contributed by atoms with van der Waals surface area (Å²) in [7, 11) is 0. The Morgan fingerprint density at radius 3 is 2.38 bits per heavy atom. The zero-order valence-corrected chi connectivity index (χ0v) is 14.3. The predicted molar refractivity (Wildman–Crippen MR) is 99.2 cm³/mol. The monoisotopic (exact) mass is 354 g/mol. The highest BCUT2D eigenvalue weighted by atomic mass is 19.1. The second kappa shape index (κ2) is 8.89. The lowest BCUT2D eigenvalue weighted by molar-refractivity contribution is 0.610. The third kappa shape index (κ3) is 5.24. The maximum Gasteiger partial charge on any atom is 0.224 e. The van der Waals surface area contributed by atoms with E-state index in [1.54, 1.807) is 36.5 Å². The molecule has 0 fully saturated rings. The quantitative estimate of drug-likeness (QED) is 0.640. The minimum atomic E-state index is -0.233. The van der Waals surface area contributed by atoms with Gasteiger partial charge in [-0.3, -0.25) is 0 Å².